The van der Waals surface area contributed by atoms with E-state index in [0.29, 0.717) is 12.0 Å². The van der Waals surface area contributed by atoms with Crippen molar-refractivity contribution in [1.29, 1.82) is 0 Å². The van der Waals surface area contributed by atoms with E-state index in [2.05, 4.69) is 41.3 Å². The van der Waals surface area contributed by atoms with E-state index in [-0.39, 0.29) is 0 Å². The summed E-state index contributed by atoms with van der Waals surface area (Å²) in [6.45, 7) is 9.48. The Labute approximate surface area is 128 Å². The third-order valence-electron chi connectivity index (χ3n) is 3.63. The molecule has 0 bridgehead atoms. The van der Waals surface area contributed by atoms with Crippen LogP contribution in [0.2, 0.25) is 0 Å². The Morgan fingerprint density at radius 3 is 2.71 bits per heavy atom. The highest BCUT2D eigenvalue weighted by molar-refractivity contribution is 5.78. The highest BCUT2D eigenvalue weighted by atomic mass is 15.1. The number of aromatic nitrogens is 2. The van der Waals surface area contributed by atoms with Crippen LogP contribution in [-0.4, -0.2) is 28.7 Å². The van der Waals surface area contributed by atoms with E-state index in [4.69, 9.17) is 5.73 Å². The van der Waals surface area contributed by atoms with Crippen molar-refractivity contribution in [3.05, 3.63) is 17.5 Å². The minimum absolute atomic E-state index is 0.392. The summed E-state index contributed by atoms with van der Waals surface area (Å²) in [5.74, 6) is 1.34. The molecule has 0 saturated heterocycles. The molecular formula is C16H31N5. The molecule has 0 spiro atoms. The molecule has 0 aromatic carbocycles. The molecule has 21 heavy (non-hydrogen) atoms. The Balaban J connectivity index is 2.16. The van der Waals surface area contributed by atoms with Gasteiger partial charge in [-0.3, -0.25) is 10.1 Å². The number of rotatable bonds is 9. The highest BCUT2D eigenvalue weighted by Gasteiger charge is 2.04. The van der Waals surface area contributed by atoms with Crippen LogP contribution in [0.3, 0.4) is 0 Å². The molecule has 4 N–H and O–H groups in total. The molecule has 1 aromatic heterocycles. The first-order chi connectivity index (χ1) is 9.99. The lowest BCUT2D eigenvalue weighted by molar-refractivity contribution is 0.493. The van der Waals surface area contributed by atoms with Crippen LogP contribution in [0.1, 0.15) is 57.7 Å². The van der Waals surface area contributed by atoms with Gasteiger partial charge in [-0.1, -0.05) is 26.7 Å². The predicted molar refractivity (Wildman–Crippen MR) is 89.4 cm³/mol. The first-order valence-corrected chi connectivity index (χ1v) is 8.04. The monoisotopic (exact) mass is 293 g/mol. The molecule has 1 aromatic rings. The van der Waals surface area contributed by atoms with Gasteiger partial charge < -0.3 is 11.1 Å². The van der Waals surface area contributed by atoms with Crippen molar-refractivity contribution in [2.45, 2.75) is 65.8 Å². The van der Waals surface area contributed by atoms with Gasteiger partial charge in [-0.25, -0.2) is 0 Å². The molecule has 0 amide bonds. The Kier molecular flexibility index (Phi) is 7.87. The number of nitrogens with one attached hydrogen (secondary N) is 2. The average Bonchev–Trinajstić information content (AvgIpc) is 2.80. The van der Waals surface area contributed by atoms with Gasteiger partial charge >= 0.3 is 0 Å². The molecule has 0 aliphatic carbocycles. The molecule has 0 fully saturated rings. The number of nitrogens with zero attached hydrogens (tertiary/aromatic N) is 2. The van der Waals surface area contributed by atoms with E-state index in [9.17, 15) is 0 Å². The Morgan fingerprint density at radius 2 is 2.10 bits per heavy atom. The van der Waals surface area contributed by atoms with Crippen LogP contribution in [0.5, 0.6) is 0 Å². The zero-order chi connectivity index (χ0) is 15.7. The van der Waals surface area contributed by atoms with E-state index in [1.165, 1.54) is 18.4 Å². The molecule has 0 aliphatic heterocycles. The molecular weight excluding hydrogens is 262 g/mol. The lowest BCUT2D eigenvalue weighted by atomic mass is 10.0. The molecule has 120 valence electrons. The van der Waals surface area contributed by atoms with Crippen LogP contribution >= 0.6 is 0 Å². The van der Waals surface area contributed by atoms with Crippen molar-refractivity contribution in [3.63, 3.8) is 0 Å². The fourth-order valence-electron chi connectivity index (χ4n) is 2.30. The molecule has 5 nitrogen and oxygen atoms in total. The van der Waals surface area contributed by atoms with Crippen molar-refractivity contribution in [2.24, 2.45) is 16.6 Å². The van der Waals surface area contributed by atoms with Gasteiger partial charge in [0.1, 0.15) is 0 Å². The fourth-order valence-corrected chi connectivity index (χ4v) is 2.30. The van der Waals surface area contributed by atoms with Gasteiger partial charge in [0.25, 0.3) is 0 Å². The minimum Gasteiger partial charge on any atom is -0.370 e. The summed E-state index contributed by atoms with van der Waals surface area (Å²) in [7, 11) is 0. The van der Waals surface area contributed by atoms with E-state index >= 15 is 0 Å². The maximum atomic E-state index is 5.92. The van der Waals surface area contributed by atoms with Gasteiger partial charge in [-0.05, 0) is 44.6 Å². The van der Waals surface area contributed by atoms with Crippen LogP contribution in [0.15, 0.2) is 11.2 Å². The molecule has 1 heterocycles. The van der Waals surface area contributed by atoms with Crippen molar-refractivity contribution in [1.82, 2.24) is 15.5 Å². The third-order valence-corrected chi connectivity index (χ3v) is 3.63. The first kappa shape index (κ1) is 17.5. The van der Waals surface area contributed by atoms with Crippen LogP contribution in [0.25, 0.3) is 0 Å². The minimum atomic E-state index is 0.392. The van der Waals surface area contributed by atoms with E-state index < -0.39 is 0 Å². The van der Waals surface area contributed by atoms with Crippen molar-refractivity contribution < 1.29 is 0 Å². The fraction of sp³-hybridized carbons (Fsp3) is 0.750. The lowest BCUT2D eigenvalue weighted by Gasteiger charge is -2.15. The number of H-pyrrole nitrogens is 1. The van der Waals surface area contributed by atoms with Crippen LogP contribution < -0.4 is 11.1 Å². The summed E-state index contributed by atoms with van der Waals surface area (Å²) in [5, 5.41) is 10.2. The number of guanidine groups is 1. The van der Waals surface area contributed by atoms with Gasteiger partial charge in [0.2, 0.25) is 0 Å². The quantitative estimate of drug-likeness (QED) is 0.372. The number of aromatic amines is 1. The first-order valence-electron chi connectivity index (χ1n) is 8.04. The van der Waals surface area contributed by atoms with Gasteiger partial charge in [0, 0.05) is 18.3 Å². The van der Waals surface area contributed by atoms with Crippen molar-refractivity contribution in [3.8, 4) is 0 Å². The highest BCUT2D eigenvalue weighted by Crippen LogP contribution is 2.08. The largest absolute Gasteiger partial charge is 0.370 e. The Hall–Kier alpha value is -1.52. The molecule has 1 rings (SSSR count). The van der Waals surface area contributed by atoms with Gasteiger partial charge in [-0.15, -0.1) is 0 Å². The SMILES string of the molecule is Cc1[nH]ncc1CCCN=C(N)NC(C)CCCC(C)C. The molecule has 1 atom stereocenters. The Morgan fingerprint density at radius 1 is 1.33 bits per heavy atom. The molecule has 0 aliphatic rings. The summed E-state index contributed by atoms with van der Waals surface area (Å²) in [5.41, 5.74) is 8.32. The van der Waals surface area contributed by atoms with E-state index in [1.807, 2.05) is 13.1 Å². The van der Waals surface area contributed by atoms with Gasteiger partial charge in [0.15, 0.2) is 5.96 Å². The summed E-state index contributed by atoms with van der Waals surface area (Å²) in [6, 6.07) is 0.392. The second-order valence-electron chi connectivity index (χ2n) is 6.26. The topological polar surface area (TPSA) is 79.1 Å². The third kappa shape index (κ3) is 7.73. The second-order valence-corrected chi connectivity index (χ2v) is 6.26. The normalized spacial score (nSPS) is 13.7. The van der Waals surface area contributed by atoms with Gasteiger partial charge in [-0.2, -0.15) is 5.10 Å². The number of hydrogen-bond donors (Lipinski definition) is 3. The summed E-state index contributed by atoms with van der Waals surface area (Å²) in [4.78, 5) is 4.39. The van der Waals surface area contributed by atoms with Crippen LogP contribution in [0, 0.1) is 12.8 Å². The standard InChI is InChI=1S/C16H31N5/c1-12(2)7-5-8-13(3)20-16(17)18-10-6-9-15-11-19-21-14(15)4/h11-13H,5-10H2,1-4H3,(H,19,21)(H3,17,18,20). The molecule has 1 unspecified atom stereocenters. The summed E-state index contributed by atoms with van der Waals surface area (Å²) < 4.78 is 0. The maximum Gasteiger partial charge on any atom is 0.188 e. The number of hydrogen-bond acceptors (Lipinski definition) is 2. The zero-order valence-electron chi connectivity index (χ0n) is 13.9. The predicted octanol–water partition coefficient (Wildman–Crippen LogP) is 2.77. The van der Waals surface area contributed by atoms with Crippen molar-refractivity contribution >= 4 is 5.96 Å². The zero-order valence-corrected chi connectivity index (χ0v) is 13.9. The van der Waals surface area contributed by atoms with E-state index in [0.717, 1.165) is 37.4 Å². The summed E-state index contributed by atoms with van der Waals surface area (Å²) in [6.07, 6.45) is 7.51. The smallest absolute Gasteiger partial charge is 0.188 e. The van der Waals surface area contributed by atoms with Crippen molar-refractivity contribution in [2.75, 3.05) is 6.54 Å². The molecule has 0 saturated carbocycles. The van der Waals surface area contributed by atoms with Crippen LogP contribution in [-0.2, 0) is 6.42 Å². The lowest BCUT2D eigenvalue weighted by Crippen LogP contribution is -2.38. The second kappa shape index (κ2) is 9.42. The number of nitrogens with two attached hydrogens (primary N) is 1. The van der Waals surface area contributed by atoms with Gasteiger partial charge in [0.05, 0.1) is 6.20 Å². The maximum absolute atomic E-state index is 5.92. The molecule has 5 heteroatoms. The molecule has 0 radical (unpaired) electrons. The van der Waals surface area contributed by atoms with E-state index in [1.54, 1.807) is 0 Å². The number of aliphatic imine (C=N–C) groups is 1. The summed E-state index contributed by atoms with van der Waals surface area (Å²) >= 11 is 0. The Bertz CT molecular complexity index is 422. The number of aryl methyl sites for hydroxylation is 2. The average molecular weight is 293 g/mol. The van der Waals surface area contributed by atoms with Crippen LogP contribution in [0.4, 0.5) is 0 Å².